The number of carbonyl (C=O) groups excluding carboxylic acids is 4. The number of aliphatic hydroxyl groups excluding tert-OH is 1. The number of ether oxygens (including phenoxy) is 1. The fraction of sp³-hybridized carbons (Fsp3) is 0.333. The maximum atomic E-state index is 15.4. The molecule has 6 unspecified atom stereocenters. The largest absolute Gasteiger partial charge is 0.491 e. The third-order valence-electron chi connectivity index (χ3n) is 11.0. The van der Waals surface area contributed by atoms with Gasteiger partial charge in [0.05, 0.1) is 34.0 Å². The Morgan fingerprint density at radius 1 is 0.862 bits per heavy atom. The fourth-order valence-corrected chi connectivity index (χ4v) is 9.55. The van der Waals surface area contributed by atoms with E-state index in [1.165, 1.54) is 44.4 Å². The Morgan fingerprint density at radius 2 is 1.43 bits per heavy atom. The number of aliphatic hydroxyl groups is 1. The molecule has 15 nitrogen and oxygen atoms in total. The zero-order chi connectivity index (χ0) is 42.5. The van der Waals surface area contributed by atoms with Crippen LogP contribution in [0.2, 0.25) is 0 Å². The quantitative estimate of drug-likeness (QED) is 0.0423. The molecule has 304 valence electrons. The number of hydrogen-bond acceptors (Lipinski definition) is 11. The van der Waals surface area contributed by atoms with Crippen molar-refractivity contribution in [2.45, 2.75) is 28.5 Å². The van der Waals surface area contributed by atoms with Crippen molar-refractivity contribution in [3.8, 4) is 5.75 Å². The van der Waals surface area contributed by atoms with Gasteiger partial charge in [-0.25, -0.2) is 31.8 Å². The normalized spacial score (nSPS) is 26.3. The van der Waals surface area contributed by atoms with Crippen molar-refractivity contribution < 1.29 is 60.8 Å². The second kappa shape index (κ2) is 14.0. The minimum Gasteiger partial charge on any atom is -0.491 e. The van der Waals surface area contributed by atoms with Crippen molar-refractivity contribution in [1.82, 2.24) is 0 Å². The molecule has 2 aliphatic carbocycles. The number of benzene rings is 3. The molecular weight excluding hydrogens is 828 g/mol. The number of fused-ring (bicyclic) bond motifs is 4. The van der Waals surface area contributed by atoms with Crippen molar-refractivity contribution in [3.63, 3.8) is 0 Å². The first-order chi connectivity index (χ1) is 27.3. The molecule has 3 fully saturated rings. The molecule has 2 aliphatic heterocycles. The van der Waals surface area contributed by atoms with E-state index in [9.17, 15) is 57.7 Å². The molecule has 0 spiro atoms. The van der Waals surface area contributed by atoms with Crippen LogP contribution in [0.4, 0.5) is 50.4 Å². The van der Waals surface area contributed by atoms with E-state index < -0.39 is 137 Å². The van der Waals surface area contributed by atoms with E-state index in [1.54, 1.807) is 0 Å². The van der Waals surface area contributed by atoms with Crippen LogP contribution in [0.25, 0.3) is 0 Å². The zero-order valence-corrected chi connectivity index (χ0v) is 31.2. The van der Waals surface area contributed by atoms with Gasteiger partial charge >= 0.3 is 11.4 Å². The van der Waals surface area contributed by atoms with Crippen LogP contribution in [0.1, 0.15) is 24.3 Å². The van der Waals surface area contributed by atoms with Crippen molar-refractivity contribution in [1.29, 1.82) is 0 Å². The van der Waals surface area contributed by atoms with Gasteiger partial charge in [-0.05, 0) is 24.8 Å². The smallest absolute Gasteiger partial charge is 0.301 e. The number of para-hydroxylation sites is 1. The number of imide groups is 2. The number of anilines is 3. The summed E-state index contributed by atoms with van der Waals surface area (Å²) in [7, 11) is 2.60. The number of hydrogen-bond donors (Lipinski definition) is 1. The van der Waals surface area contributed by atoms with E-state index in [1.807, 2.05) is 0 Å². The van der Waals surface area contributed by atoms with Crippen LogP contribution in [-0.2, 0) is 19.2 Å². The Kier molecular flexibility index (Phi) is 9.75. The van der Waals surface area contributed by atoms with Crippen molar-refractivity contribution in [3.05, 3.63) is 103 Å². The lowest BCUT2D eigenvalue weighted by molar-refractivity contribution is -0.392. The van der Waals surface area contributed by atoms with Gasteiger partial charge in [-0.1, -0.05) is 29.8 Å². The van der Waals surface area contributed by atoms with Crippen LogP contribution in [0.5, 0.6) is 5.75 Å². The first-order valence-electron chi connectivity index (χ1n) is 17.1. The second-order valence-corrected chi connectivity index (χ2v) is 15.3. The summed E-state index contributed by atoms with van der Waals surface area (Å²) < 4.78 is 79.7. The molecular formula is C36H26Cl2F5N5O10. The average Bonchev–Trinajstić information content (AvgIpc) is 3.52. The predicted molar refractivity (Wildman–Crippen MR) is 192 cm³/mol. The van der Waals surface area contributed by atoms with Gasteiger partial charge in [0.25, 0.3) is 11.8 Å². The van der Waals surface area contributed by atoms with Crippen LogP contribution in [-0.4, -0.2) is 75.6 Å². The maximum Gasteiger partial charge on any atom is 0.301 e. The molecule has 2 saturated heterocycles. The summed E-state index contributed by atoms with van der Waals surface area (Å²) in [5.41, 5.74) is -4.57. The fourth-order valence-electron chi connectivity index (χ4n) is 8.63. The molecule has 58 heavy (non-hydrogen) atoms. The monoisotopic (exact) mass is 853 g/mol. The molecule has 0 bridgehead atoms. The highest BCUT2D eigenvalue weighted by Crippen LogP contribution is 2.67. The minimum absolute atomic E-state index is 0.0371. The lowest BCUT2D eigenvalue weighted by Gasteiger charge is -2.50. The highest BCUT2D eigenvalue weighted by atomic mass is 35.5. The van der Waals surface area contributed by atoms with E-state index in [-0.39, 0.29) is 34.8 Å². The molecule has 3 aromatic rings. The SMILES string of the molecule is CN(C)c1c([N+](=O)[O-])cc(N2C(=O)C3CC=C4C(CC5(Cl)C(=O)N(c6c(F)c(F)c(F)c(F)c6F)C(=O)C5(Cl)C4c4ccccc4OCCO)C3C2=O)cc1[N+](=O)[O-]. The highest BCUT2D eigenvalue weighted by molar-refractivity contribution is 6.58. The molecule has 1 N–H and O–H groups in total. The lowest BCUT2D eigenvalue weighted by atomic mass is 9.56. The van der Waals surface area contributed by atoms with Gasteiger partial charge in [0.1, 0.15) is 18.0 Å². The molecule has 2 heterocycles. The third-order valence-corrected chi connectivity index (χ3v) is 12.4. The van der Waals surface area contributed by atoms with Crippen LogP contribution in [0.3, 0.4) is 0 Å². The van der Waals surface area contributed by atoms with Crippen LogP contribution >= 0.6 is 23.2 Å². The summed E-state index contributed by atoms with van der Waals surface area (Å²) in [6.45, 7) is -0.863. The van der Waals surface area contributed by atoms with E-state index in [0.717, 1.165) is 17.0 Å². The first-order valence-corrected chi connectivity index (χ1v) is 17.8. The number of carbonyl (C=O) groups is 4. The molecule has 1 saturated carbocycles. The van der Waals surface area contributed by atoms with Crippen LogP contribution in [0, 0.1) is 67.1 Å². The predicted octanol–water partition coefficient (Wildman–Crippen LogP) is 5.40. The summed E-state index contributed by atoms with van der Waals surface area (Å²) in [6.07, 6.45) is 0.261. The zero-order valence-electron chi connectivity index (χ0n) is 29.7. The number of halogens is 7. The third kappa shape index (κ3) is 5.40. The molecule has 22 heteroatoms. The second-order valence-electron chi connectivity index (χ2n) is 14.1. The Bertz CT molecular complexity index is 2380. The Morgan fingerprint density at radius 3 is 1.98 bits per heavy atom. The number of amides is 4. The van der Waals surface area contributed by atoms with Gasteiger partial charge in [-0.2, -0.15) is 0 Å². The van der Waals surface area contributed by atoms with Gasteiger partial charge < -0.3 is 14.7 Å². The van der Waals surface area contributed by atoms with Crippen molar-refractivity contribution >= 4 is 75.3 Å². The number of rotatable bonds is 9. The summed E-state index contributed by atoms with van der Waals surface area (Å²) in [5.74, 6) is -24.2. The molecule has 0 aromatic heterocycles. The molecule has 6 atom stereocenters. The van der Waals surface area contributed by atoms with E-state index in [2.05, 4.69) is 0 Å². The molecule has 3 aromatic carbocycles. The number of allylic oxidation sites excluding steroid dienone is 2. The van der Waals surface area contributed by atoms with E-state index in [4.69, 9.17) is 27.9 Å². The van der Waals surface area contributed by atoms with E-state index in [0.29, 0.717) is 4.90 Å². The Labute approximate surface area is 332 Å². The average molecular weight is 855 g/mol. The molecule has 4 aliphatic rings. The molecule has 0 radical (unpaired) electrons. The highest BCUT2D eigenvalue weighted by Gasteiger charge is 2.77. The standard InChI is InChI=1S/C36H26Cl2F5N5O10/c1-44(2)29-19(47(54)55)11-14(12-20(29)48(56)57)45-31(50)17-8-7-15-18(22(17)32(45)51)13-35(37)33(52)46(30-27(42)25(40)24(39)26(41)28(30)43)34(53)36(35,38)23(15)16-5-3-4-6-21(16)58-10-9-49/h3-7,11-12,17-18,22-23,49H,8-10,13H2,1-2H3. The maximum absolute atomic E-state index is 15.4. The lowest BCUT2D eigenvalue weighted by Crippen LogP contribution is -2.60. The molecule has 4 amide bonds. The number of nitrogens with zero attached hydrogens (tertiary/aromatic N) is 5. The van der Waals surface area contributed by atoms with Crippen LogP contribution in [0.15, 0.2) is 48.0 Å². The van der Waals surface area contributed by atoms with Gasteiger partial charge in [0, 0.05) is 37.7 Å². The number of nitro benzene ring substituents is 2. The topological polar surface area (TPSA) is 194 Å². The van der Waals surface area contributed by atoms with Gasteiger partial charge in [-0.3, -0.25) is 39.4 Å². The van der Waals surface area contributed by atoms with Gasteiger partial charge in [-0.15, -0.1) is 23.2 Å². The van der Waals surface area contributed by atoms with Crippen LogP contribution < -0.4 is 19.4 Å². The van der Waals surface area contributed by atoms with Crippen molar-refractivity contribution in [2.24, 2.45) is 17.8 Å². The molecule has 7 rings (SSSR count). The summed E-state index contributed by atoms with van der Waals surface area (Å²) in [4.78, 5) is 75.6. The first kappa shape index (κ1) is 40.5. The van der Waals surface area contributed by atoms with Gasteiger partial charge in [0.15, 0.2) is 38.7 Å². The summed E-state index contributed by atoms with van der Waals surface area (Å²) >= 11 is 14.3. The minimum atomic E-state index is -2.87. The van der Waals surface area contributed by atoms with E-state index >= 15 is 8.78 Å². The Balaban J connectivity index is 1.43. The number of nitro groups is 2. The Hall–Kier alpha value is -5.73. The number of alkyl halides is 2. The van der Waals surface area contributed by atoms with Crippen molar-refractivity contribution in [2.75, 3.05) is 42.0 Å². The van der Waals surface area contributed by atoms with Gasteiger partial charge in [0.2, 0.25) is 17.6 Å². The summed E-state index contributed by atoms with van der Waals surface area (Å²) in [5, 5.41) is 33.8. The summed E-state index contributed by atoms with van der Waals surface area (Å²) in [6, 6.07) is 7.22.